The molecule has 0 radical (unpaired) electrons. The van der Waals surface area contributed by atoms with Crippen LogP contribution < -0.4 is 9.47 Å². The Hall–Kier alpha value is 0.200. The highest BCUT2D eigenvalue weighted by Gasteiger charge is 2.23. The molecule has 1 aromatic carbocycles. The van der Waals surface area contributed by atoms with Gasteiger partial charge in [0, 0.05) is 12.1 Å². The van der Waals surface area contributed by atoms with Gasteiger partial charge in [-0.05, 0) is 28.4 Å². The molecule has 1 unspecified atom stereocenters. The molecule has 0 amide bonds. The summed E-state index contributed by atoms with van der Waals surface area (Å²) in [6, 6.07) is 3.03. The zero-order valence-corrected chi connectivity index (χ0v) is 14.5. The molecular weight excluding hydrogens is 398 g/mol. The van der Waals surface area contributed by atoms with E-state index in [4.69, 9.17) is 55.9 Å². The summed E-state index contributed by atoms with van der Waals surface area (Å²) in [6.45, 7) is 5.41. The molecule has 0 fully saturated rings. The Balaban J connectivity index is 3.00. The van der Waals surface area contributed by atoms with Crippen molar-refractivity contribution in [2.45, 2.75) is 22.9 Å². The van der Waals surface area contributed by atoms with Crippen molar-refractivity contribution in [3.8, 4) is 11.5 Å². The molecule has 0 aliphatic carbocycles. The third-order valence-electron chi connectivity index (χ3n) is 2.03. The summed E-state index contributed by atoms with van der Waals surface area (Å²) in [4.78, 5) is 0. The number of benzene rings is 1. The van der Waals surface area contributed by atoms with Crippen molar-refractivity contribution in [2.75, 3.05) is 0 Å². The molecule has 1 atom stereocenters. The van der Waals surface area contributed by atoms with Crippen LogP contribution in [0.15, 0.2) is 24.8 Å². The lowest BCUT2D eigenvalue weighted by molar-refractivity contribution is 0.282. The largest absolute Gasteiger partial charge is 0.476 e. The molecule has 0 saturated carbocycles. The summed E-state index contributed by atoms with van der Waals surface area (Å²) in [6.07, 6.45) is 2.00. The molecule has 7 heteroatoms. The highest BCUT2D eigenvalue weighted by molar-refractivity contribution is 9.09. The Morgan fingerprint density at radius 1 is 1.37 bits per heavy atom. The molecule has 0 N–H and O–H groups in total. The van der Waals surface area contributed by atoms with Crippen molar-refractivity contribution < 1.29 is 9.47 Å². The average Bonchev–Trinajstić information content (AvgIpc) is 2.33. The van der Waals surface area contributed by atoms with Gasteiger partial charge in [0.25, 0.3) is 4.52 Å². The van der Waals surface area contributed by atoms with Crippen LogP contribution in [0.3, 0.4) is 0 Å². The van der Waals surface area contributed by atoms with E-state index in [-0.39, 0.29) is 5.01 Å². The molecule has 2 nitrogen and oxygen atoms in total. The van der Waals surface area contributed by atoms with Gasteiger partial charge in [0.05, 0.1) is 10.0 Å². The van der Waals surface area contributed by atoms with Crippen molar-refractivity contribution in [2.24, 2.45) is 0 Å². The number of hydrogen-bond acceptors (Lipinski definition) is 2. The number of rotatable bonds is 6. The summed E-state index contributed by atoms with van der Waals surface area (Å²) < 4.78 is 9.28. The van der Waals surface area contributed by atoms with Crippen molar-refractivity contribution >= 4 is 62.3 Å². The Kier molecular flexibility index (Phi) is 6.61. The Bertz CT molecular complexity index is 442. The van der Waals surface area contributed by atoms with Crippen LogP contribution in [0.4, 0.5) is 0 Å². The minimum Gasteiger partial charge on any atom is -0.476 e. The molecule has 1 aromatic rings. The van der Waals surface area contributed by atoms with Crippen LogP contribution in [0, 0.1) is 0 Å². The summed E-state index contributed by atoms with van der Waals surface area (Å²) in [5.41, 5.74) is 0. The van der Waals surface area contributed by atoms with Crippen molar-refractivity contribution in [1.29, 1.82) is 0 Å². The van der Waals surface area contributed by atoms with Crippen LogP contribution in [0.2, 0.25) is 10.0 Å². The zero-order valence-electron chi connectivity index (χ0n) is 9.93. The molecule has 0 aliphatic heterocycles. The van der Waals surface area contributed by atoms with Crippen LogP contribution >= 0.6 is 62.3 Å². The highest BCUT2D eigenvalue weighted by Crippen LogP contribution is 2.40. The minimum atomic E-state index is -1.55. The molecule has 106 valence electrons. The van der Waals surface area contributed by atoms with Gasteiger partial charge < -0.3 is 9.47 Å². The van der Waals surface area contributed by atoms with E-state index >= 15 is 0 Å². The monoisotopic (exact) mass is 406 g/mol. The fraction of sp³-hybridized carbons (Fsp3) is 0.333. The Labute approximate surface area is 140 Å². The summed E-state index contributed by atoms with van der Waals surface area (Å²) >= 11 is 27.1. The van der Waals surface area contributed by atoms with Gasteiger partial charge >= 0.3 is 0 Å². The molecule has 0 heterocycles. The lowest BCUT2D eigenvalue weighted by Gasteiger charge is -2.19. The van der Waals surface area contributed by atoms with Crippen molar-refractivity contribution in [3.63, 3.8) is 0 Å². The third-order valence-corrected chi connectivity index (χ3v) is 3.89. The van der Waals surface area contributed by atoms with E-state index < -0.39 is 4.52 Å². The van der Waals surface area contributed by atoms with Crippen molar-refractivity contribution in [3.05, 3.63) is 34.8 Å². The summed E-state index contributed by atoms with van der Waals surface area (Å²) in [7, 11) is 0. The molecule has 0 spiro atoms. The average molecular weight is 409 g/mol. The van der Waals surface area contributed by atoms with E-state index in [9.17, 15) is 0 Å². The van der Waals surface area contributed by atoms with E-state index in [1.807, 2.05) is 6.92 Å². The molecule has 0 saturated heterocycles. The number of ether oxygens (including phenoxy) is 2. The molecular formula is C12H11BrCl4O2. The van der Waals surface area contributed by atoms with Crippen molar-refractivity contribution in [1.82, 2.24) is 0 Å². The quantitative estimate of drug-likeness (QED) is 0.412. The first-order valence-electron chi connectivity index (χ1n) is 5.29. The lowest BCUT2D eigenvalue weighted by Crippen LogP contribution is -2.17. The first-order valence-corrected chi connectivity index (χ1v) is 7.72. The van der Waals surface area contributed by atoms with Gasteiger partial charge in [-0.2, -0.15) is 0 Å². The Morgan fingerprint density at radius 3 is 2.32 bits per heavy atom. The standard InChI is InChI=1S/C12H11BrCl4O2/c1-3-10(13)18-11-8(14)5-7(6-9(11)15)19-12(16,17)4-2/h4-6,10H,2-3H2,1H3. The number of alkyl halides is 3. The topological polar surface area (TPSA) is 18.5 Å². The maximum atomic E-state index is 6.09. The normalized spacial score (nSPS) is 12.9. The van der Waals surface area contributed by atoms with Gasteiger partial charge in [0.15, 0.2) is 10.8 Å². The van der Waals surface area contributed by atoms with Gasteiger partial charge in [0.2, 0.25) is 0 Å². The van der Waals surface area contributed by atoms with E-state index in [2.05, 4.69) is 22.5 Å². The smallest absolute Gasteiger partial charge is 0.277 e. The van der Waals surface area contributed by atoms with E-state index in [0.717, 1.165) is 6.42 Å². The lowest BCUT2D eigenvalue weighted by atomic mass is 10.3. The van der Waals surface area contributed by atoms with Crippen LogP contribution in [0.25, 0.3) is 0 Å². The van der Waals surface area contributed by atoms with Gasteiger partial charge in [-0.25, -0.2) is 0 Å². The number of hydrogen-bond donors (Lipinski definition) is 0. The van der Waals surface area contributed by atoms with Gasteiger partial charge in [-0.15, -0.1) is 0 Å². The predicted octanol–water partition coefficient (Wildman–Crippen LogP) is 6.20. The number of halogens is 5. The maximum Gasteiger partial charge on any atom is 0.277 e. The third kappa shape index (κ3) is 5.24. The van der Waals surface area contributed by atoms with E-state index in [1.54, 1.807) is 0 Å². The van der Waals surface area contributed by atoms with Gasteiger partial charge in [-0.1, -0.05) is 59.9 Å². The molecule has 1 rings (SSSR count). The first kappa shape index (κ1) is 17.3. The van der Waals surface area contributed by atoms with E-state index in [1.165, 1.54) is 18.2 Å². The van der Waals surface area contributed by atoms with Crippen LogP contribution in [-0.4, -0.2) is 9.53 Å². The van der Waals surface area contributed by atoms with Gasteiger partial charge in [-0.3, -0.25) is 0 Å². The molecule has 19 heavy (non-hydrogen) atoms. The second-order valence-corrected chi connectivity index (χ2v) is 6.67. The molecule has 0 aromatic heterocycles. The molecule has 0 aliphatic rings. The highest BCUT2D eigenvalue weighted by atomic mass is 79.9. The predicted molar refractivity (Wildman–Crippen MR) is 85.4 cm³/mol. The van der Waals surface area contributed by atoms with Crippen LogP contribution in [0.5, 0.6) is 11.5 Å². The summed E-state index contributed by atoms with van der Waals surface area (Å²) in [5.74, 6) is 0.683. The Morgan fingerprint density at radius 2 is 1.89 bits per heavy atom. The maximum absolute atomic E-state index is 6.09. The zero-order chi connectivity index (χ0) is 14.6. The fourth-order valence-electron chi connectivity index (χ4n) is 1.12. The fourth-order valence-corrected chi connectivity index (χ4v) is 2.04. The second kappa shape index (κ2) is 7.28. The second-order valence-electron chi connectivity index (χ2n) is 3.52. The van der Waals surface area contributed by atoms with Crippen LogP contribution in [0.1, 0.15) is 13.3 Å². The first-order chi connectivity index (χ1) is 8.79. The van der Waals surface area contributed by atoms with Gasteiger partial charge in [0.1, 0.15) is 5.75 Å². The van der Waals surface area contributed by atoms with Crippen LogP contribution in [-0.2, 0) is 0 Å². The SMILES string of the molecule is C=CC(Cl)(Cl)Oc1cc(Cl)c(OC(Br)CC)c(Cl)c1. The summed E-state index contributed by atoms with van der Waals surface area (Å²) in [5, 5.41) is 0.421. The molecule has 0 bridgehead atoms. The van der Waals surface area contributed by atoms with E-state index in [0.29, 0.717) is 21.5 Å². The minimum absolute atomic E-state index is 0.178.